The van der Waals surface area contributed by atoms with Crippen LogP contribution in [0, 0.1) is 11.3 Å². The standard InChI is InChI=1S/C16H33N/c1-13(2)7-6-8-14(3)17-15-9-11-16(4,5)12-10-15/h13-15,17H,6-12H2,1-5H3. The summed E-state index contributed by atoms with van der Waals surface area (Å²) in [5.41, 5.74) is 0.596. The van der Waals surface area contributed by atoms with Gasteiger partial charge in [-0.3, -0.25) is 0 Å². The van der Waals surface area contributed by atoms with E-state index >= 15 is 0 Å². The van der Waals surface area contributed by atoms with Crippen LogP contribution in [0.1, 0.15) is 79.6 Å². The summed E-state index contributed by atoms with van der Waals surface area (Å²) in [6, 6.07) is 1.50. The second kappa shape index (κ2) is 6.78. The van der Waals surface area contributed by atoms with Gasteiger partial charge in [0.25, 0.3) is 0 Å². The maximum Gasteiger partial charge on any atom is 0.00699 e. The van der Waals surface area contributed by atoms with Crippen LogP contribution in [-0.2, 0) is 0 Å². The Kier molecular flexibility index (Phi) is 5.99. The highest BCUT2D eigenvalue weighted by Crippen LogP contribution is 2.35. The first-order valence-electron chi connectivity index (χ1n) is 7.65. The van der Waals surface area contributed by atoms with Crippen LogP contribution in [0.25, 0.3) is 0 Å². The molecule has 1 unspecified atom stereocenters. The highest BCUT2D eigenvalue weighted by atomic mass is 14.9. The number of hydrogen-bond donors (Lipinski definition) is 1. The van der Waals surface area contributed by atoms with Crippen molar-refractivity contribution in [2.45, 2.75) is 91.6 Å². The molecule has 0 heterocycles. The zero-order chi connectivity index (χ0) is 12.9. The van der Waals surface area contributed by atoms with Crippen LogP contribution in [0.2, 0.25) is 0 Å². The Morgan fingerprint density at radius 2 is 1.65 bits per heavy atom. The van der Waals surface area contributed by atoms with E-state index in [4.69, 9.17) is 0 Å². The minimum Gasteiger partial charge on any atom is -0.312 e. The van der Waals surface area contributed by atoms with E-state index in [0.29, 0.717) is 11.5 Å². The van der Waals surface area contributed by atoms with E-state index in [9.17, 15) is 0 Å². The van der Waals surface area contributed by atoms with Crippen LogP contribution in [0.4, 0.5) is 0 Å². The summed E-state index contributed by atoms with van der Waals surface area (Å²) < 4.78 is 0. The minimum absolute atomic E-state index is 0.596. The normalized spacial score (nSPS) is 22.9. The van der Waals surface area contributed by atoms with Gasteiger partial charge in [-0.2, -0.15) is 0 Å². The lowest BCUT2D eigenvalue weighted by molar-refractivity contribution is 0.197. The zero-order valence-corrected chi connectivity index (χ0v) is 12.7. The third-order valence-electron chi connectivity index (χ3n) is 4.28. The second-order valence-corrected chi connectivity index (χ2v) is 7.33. The van der Waals surface area contributed by atoms with Crippen molar-refractivity contribution in [3.05, 3.63) is 0 Å². The molecule has 102 valence electrons. The fourth-order valence-corrected chi connectivity index (χ4v) is 2.88. The van der Waals surface area contributed by atoms with Gasteiger partial charge in [0.05, 0.1) is 0 Å². The molecule has 0 radical (unpaired) electrons. The van der Waals surface area contributed by atoms with Gasteiger partial charge >= 0.3 is 0 Å². The lowest BCUT2D eigenvalue weighted by Gasteiger charge is -2.36. The van der Waals surface area contributed by atoms with Crippen LogP contribution >= 0.6 is 0 Å². The van der Waals surface area contributed by atoms with Gasteiger partial charge in [0, 0.05) is 12.1 Å². The Morgan fingerprint density at radius 3 is 2.18 bits per heavy atom. The van der Waals surface area contributed by atoms with Gasteiger partial charge in [-0.05, 0) is 50.4 Å². The van der Waals surface area contributed by atoms with Gasteiger partial charge < -0.3 is 5.32 Å². The predicted molar refractivity (Wildman–Crippen MR) is 77.3 cm³/mol. The SMILES string of the molecule is CC(C)CCCC(C)NC1CCC(C)(C)CC1. The van der Waals surface area contributed by atoms with Crippen LogP contribution < -0.4 is 5.32 Å². The lowest BCUT2D eigenvalue weighted by Crippen LogP contribution is -2.40. The van der Waals surface area contributed by atoms with Gasteiger partial charge in [-0.1, -0.05) is 40.5 Å². The van der Waals surface area contributed by atoms with E-state index in [-0.39, 0.29) is 0 Å². The fourth-order valence-electron chi connectivity index (χ4n) is 2.88. The summed E-state index contributed by atoms with van der Waals surface area (Å²) in [6.07, 6.45) is 9.64. The number of nitrogens with one attached hydrogen (secondary N) is 1. The average molecular weight is 239 g/mol. The van der Waals surface area contributed by atoms with Crippen molar-refractivity contribution < 1.29 is 0 Å². The molecule has 1 N–H and O–H groups in total. The van der Waals surface area contributed by atoms with Crippen molar-refractivity contribution in [2.75, 3.05) is 0 Å². The lowest BCUT2D eigenvalue weighted by atomic mass is 9.75. The average Bonchev–Trinajstić information content (AvgIpc) is 2.21. The highest BCUT2D eigenvalue weighted by Gasteiger charge is 2.27. The zero-order valence-electron chi connectivity index (χ0n) is 12.7. The summed E-state index contributed by atoms with van der Waals surface area (Å²) >= 11 is 0. The maximum atomic E-state index is 3.83. The van der Waals surface area contributed by atoms with Gasteiger partial charge in [0.15, 0.2) is 0 Å². The predicted octanol–water partition coefficient (Wildman–Crippen LogP) is 4.76. The third kappa shape index (κ3) is 6.45. The molecule has 0 aliphatic heterocycles. The first-order chi connectivity index (χ1) is 7.89. The molecule has 1 saturated carbocycles. The summed E-state index contributed by atoms with van der Waals surface area (Å²) in [5, 5.41) is 3.83. The molecule has 0 aromatic heterocycles. The molecule has 0 bridgehead atoms. The molecular formula is C16H33N. The Bertz CT molecular complexity index is 198. The maximum absolute atomic E-state index is 3.83. The van der Waals surface area contributed by atoms with Gasteiger partial charge in [0.2, 0.25) is 0 Å². The molecular weight excluding hydrogens is 206 g/mol. The topological polar surface area (TPSA) is 12.0 Å². The molecule has 17 heavy (non-hydrogen) atoms. The fraction of sp³-hybridized carbons (Fsp3) is 1.00. The van der Waals surface area contributed by atoms with Gasteiger partial charge in [-0.15, -0.1) is 0 Å². The molecule has 1 rings (SSSR count). The molecule has 1 nitrogen and oxygen atoms in total. The summed E-state index contributed by atoms with van der Waals surface area (Å²) in [7, 11) is 0. The van der Waals surface area contributed by atoms with Crippen molar-refractivity contribution in [3.63, 3.8) is 0 Å². The van der Waals surface area contributed by atoms with E-state index in [1.165, 1.54) is 44.9 Å². The number of rotatable bonds is 6. The van der Waals surface area contributed by atoms with Crippen LogP contribution in [0.15, 0.2) is 0 Å². The molecule has 0 aromatic carbocycles. The van der Waals surface area contributed by atoms with Crippen LogP contribution in [0.3, 0.4) is 0 Å². The molecule has 1 atom stereocenters. The van der Waals surface area contributed by atoms with E-state index in [1.54, 1.807) is 0 Å². The van der Waals surface area contributed by atoms with E-state index in [0.717, 1.165) is 12.0 Å². The van der Waals surface area contributed by atoms with Crippen molar-refractivity contribution in [1.29, 1.82) is 0 Å². The van der Waals surface area contributed by atoms with Crippen LogP contribution in [0.5, 0.6) is 0 Å². The van der Waals surface area contributed by atoms with Crippen LogP contribution in [-0.4, -0.2) is 12.1 Å². The Labute approximate surface area is 109 Å². The van der Waals surface area contributed by atoms with E-state index < -0.39 is 0 Å². The quantitative estimate of drug-likeness (QED) is 0.704. The van der Waals surface area contributed by atoms with Crippen molar-refractivity contribution >= 4 is 0 Å². The monoisotopic (exact) mass is 239 g/mol. The summed E-state index contributed by atoms with van der Waals surface area (Å²) in [6.45, 7) is 11.8. The Hall–Kier alpha value is -0.0400. The number of hydrogen-bond acceptors (Lipinski definition) is 1. The largest absolute Gasteiger partial charge is 0.312 e. The van der Waals surface area contributed by atoms with Gasteiger partial charge in [0.1, 0.15) is 0 Å². The van der Waals surface area contributed by atoms with E-state index in [1.807, 2.05) is 0 Å². The summed E-state index contributed by atoms with van der Waals surface area (Å²) in [5.74, 6) is 0.859. The Balaban J connectivity index is 2.13. The second-order valence-electron chi connectivity index (χ2n) is 7.33. The first kappa shape index (κ1) is 15.0. The molecule has 1 aliphatic carbocycles. The molecule has 1 aliphatic rings. The van der Waals surface area contributed by atoms with Crippen molar-refractivity contribution in [1.82, 2.24) is 5.32 Å². The van der Waals surface area contributed by atoms with E-state index in [2.05, 4.69) is 39.9 Å². The first-order valence-corrected chi connectivity index (χ1v) is 7.65. The molecule has 0 spiro atoms. The molecule has 0 saturated heterocycles. The third-order valence-corrected chi connectivity index (χ3v) is 4.28. The molecule has 0 aromatic rings. The van der Waals surface area contributed by atoms with Gasteiger partial charge in [-0.25, -0.2) is 0 Å². The smallest absolute Gasteiger partial charge is 0.00699 e. The molecule has 1 fully saturated rings. The summed E-state index contributed by atoms with van der Waals surface area (Å²) in [4.78, 5) is 0. The van der Waals surface area contributed by atoms with Crippen molar-refractivity contribution in [3.8, 4) is 0 Å². The Morgan fingerprint density at radius 1 is 1.06 bits per heavy atom. The molecule has 1 heteroatoms. The minimum atomic E-state index is 0.596. The highest BCUT2D eigenvalue weighted by molar-refractivity contribution is 4.83. The molecule has 0 amide bonds. The van der Waals surface area contributed by atoms with Crippen molar-refractivity contribution in [2.24, 2.45) is 11.3 Å².